The second kappa shape index (κ2) is 10.4. The van der Waals surface area contributed by atoms with Gasteiger partial charge in [0.25, 0.3) is 0 Å². The molecule has 0 fully saturated rings. The predicted molar refractivity (Wildman–Crippen MR) is 112 cm³/mol. The lowest BCUT2D eigenvalue weighted by Crippen LogP contribution is -2.11. The molecule has 0 aliphatic rings. The van der Waals surface area contributed by atoms with Crippen LogP contribution in [0.25, 0.3) is 0 Å². The molecule has 0 aromatic heterocycles. The molecule has 0 heterocycles. The number of hydrogen-bond acceptors (Lipinski definition) is 4. The molecular weight excluding hydrogens is 388 g/mol. The molecule has 0 aliphatic heterocycles. The molecule has 0 aliphatic carbocycles. The van der Waals surface area contributed by atoms with Crippen LogP contribution in [-0.4, -0.2) is 18.5 Å². The summed E-state index contributed by atoms with van der Waals surface area (Å²) >= 11 is 5.83. The third-order valence-electron chi connectivity index (χ3n) is 4.27. The molecule has 148 valence electrons. The number of carbonyl (C=O) groups excluding carboxylic acids is 2. The van der Waals surface area contributed by atoms with Crippen molar-refractivity contribution in [3.05, 3.63) is 101 Å². The Kier molecular flexibility index (Phi) is 7.42. The zero-order chi connectivity index (χ0) is 20.5. The van der Waals surface area contributed by atoms with Crippen molar-refractivity contribution in [2.45, 2.75) is 19.3 Å². The Morgan fingerprint density at radius 2 is 1.48 bits per heavy atom. The summed E-state index contributed by atoms with van der Waals surface area (Å²) in [6.07, 6.45) is 1.76. The van der Waals surface area contributed by atoms with Crippen molar-refractivity contribution in [3.8, 4) is 5.75 Å². The zero-order valence-corrected chi connectivity index (χ0v) is 16.6. The maximum absolute atomic E-state index is 12.1. The second-order valence-corrected chi connectivity index (χ2v) is 6.96. The van der Waals surface area contributed by atoms with E-state index in [-0.39, 0.29) is 12.4 Å². The molecule has 0 amide bonds. The van der Waals surface area contributed by atoms with Crippen molar-refractivity contribution in [2.75, 3.05) is 6.61 Å². The Morgan fingerprint density at radius 1 is 0.793 bits per heavy atom. The summed E-state index contributed by atoms with van der Waals surface area (Å²) in [5, 5.41) is 0.615. The number of carbonyl (C=O) groups is 2. The number of rotatable bonds is 8. The van der Waals surface area contributed by atoms with Crippen LogP contribution in [-0.2, 0) is 22.4 Å². The summed E-state index contributed by atoms with van der Waals surface area (Å²) < 4.78 is 10.6. The molecule has 0 spiro atoms. The lowest BCUT2D eigenvalue weighted by molar-refractivity contribution is -0.133. The van der Waals surface area contributed by atoms with Crippen LogP contribution in [0.1, 0.15) is 27.9 Å². The van der Waals surface area contributed by atoms with Crippen LogP contribution in [0, 0.1) is 0 Å². The SMILES string of the molecule is O=C(Cc1ccc(Cl)cc1)Oc1ccc(C(=O)OCCCc2ccccc2)cc1. The number of hydrogen-bond donors (Lipinski definition) is 0. The Balaban J connectivity index is 1.43. The fraction of sp³-hybridized carbons (Fsp3) is 0.167. The largest absolute Gasteiger partial charge is 0.462 e. The van der Waals surface area contributed by atoms with E-state index >= 15 is 0 Å². The Bertz CT molecular complexity index is 935. The van der Waals surface area contributed by atoms with E-state index in [1.807, 2.05) is 18.2 Å². The quantitative estimate of drug-likeness (QED) is 0.289. The van der Waals surface area contributed by atoms with Gasteiger partial charge in [-0.2, -0.15) is 0 Å². The highest BCUT2D eigenvalue weighted by Crippen LogP contribution is 2.15. The summed E-state index contributed by atoms with van der Waals surface area (Å²) in [5.74, 6) is -0.398. The molecular formula is C24H21ClO4. The molecule has 0 atom stereocenters. The van der Waals surface area contributed by atoms with Gasteiger partial charge in [0.05, 0.1) is 18.6 Å². The topological polar surface area (TPSA) is 52.6 Å². The van der Waals surface area contributed by atoms with E-state index < -0.39 is 5.97 Å². The Labute approximate surface area is 175 Å². The lowest BCUT2D eigenvalue weighted by Gasteiger charge is -2.07. The van der Waals surface area contributed by atoms with Gasteiger partial charge in [0.2, 0.25) is 0 Å². The van der Waals surface area contributed by atoms with Gasteiger partial charge in [0.15, 0.2) is 0 Å². The minimum atomic E-state index is -0.392. The van der Waals surface area contributed by atoms with Crippen molar-refractivity contribution in [2.24, 2.45) is 0 Å². The van der Waals surface area contributed by atoms with Crippen molar-refractivity contribution in [1.29, 1.82) is 0 Å². The molecule has 4 nitrogen and oxygen atoms in total. The highest BCUT2D eigenvalue weighted by Gasteiger charge is 2.10. The molecule has 5 heteroatoms. The molecule has 0 bridgehead atoms. The highest BCUT2D eigenvalue weighted by molar-refractivity contribution is 6.30. The van der Waals surface area contributed by atoms with E-state index in [0.717, 1.165) is 18.4 Å². The maximum Gasteiger partial charge on any atom is 0.338 e. The minimum absolute atomic E-state index is 0.141. The first-order valence-corrected chi connectivity index (χ1v) is 9.74. The van der Waals surface area contributed by atoms with E-state index in [9.17, 15) is 9.59 Å². The monoisotopic (exact) mass is 408 g/mol. The van der Waals surface area contributed by atoms with Crippen LogP contribution in [0.3, 0.4) is 0 Å². The van der Waals surface area contributed by atoms with Gasteiger partial charge in [-0.1, -0.05) is 54.1 Å². The van der Waals surface area contributed by atoms with Crippen LogP contribution < -0.4 is 4.74 Å². The van der Waals surface area contributed by atoms with Crippen LogP contribution in [0.4, 0.5) is 0 Å². The third kappa shape index (κ3) is 6.77. The lowest BCUT2D eigenvalue weighted by atomic mass is 10.1. The van der Waals surface area contributed by atoms with Crippen molar-refractivity contribution in [3.63, 3.8) is 0 Å². The number of halogens is 1. The number of ether oxygens (including phenoxy) is 2. The van der Waals surface area contributed by atoms with Crippen molar-refractivity contribution < 1.29 is 19.1 Å². The molecule has 29 heavy (non-hydrogen) atoms. The van der Waals surface area contributed by atoms with Crippen LogP contribution in [0.2, 0.25) is 5.02 Å². The van der Waals surface area contributed by atoms with Gasteiger partial charge in [-0.3, -0.25) is 4.79 Å². The summed E-state index contributed by atoms with van der Waals surface area (Å²) in [6.45, 7) is 0.353. The first-order valence-electron chi connectivity index (χ1n) is 9.36. The average molecular weight is 409 g/mol. The third-order valence-corrected chi connectivity index (χ3v) is 4.52. The highest BCUT2D eigenvalue weighted by atomic mass is 35.5. The van der Waals surface area contributed by atoms with Gasteiger partial charge >= 0.3 is 11.9 Å². The van der Waals surface area contributed by atoms with Crippen molar-refractivity contribution >= 4 is 23.5 Å². The smallest absolute Gasteiger partial charge is 0.338 e. The molecule has 0 saturated carbocycles. The van der Waals surface area contributed by atoms with E-state index in [1.165, 1.54) is 5.56 Å². The number of aryl methyl sites for hydroxylation is 1. The summed E-state index contributed by atoms with van der Waals surface area (Å²) in [4.78, 5) is 24.1. The maximum atomic E-state index is 12.1. The minimum Gasteiger partial charge on any atom is -0.462 e. The molecule has 3 aromatic carbocycles. The Hall–Kier alpha value is -3.11. The van der Waals surface area contributed by atoms with Crippen molar-refractivity contribution in [1.82, 2.24) is 0 Å². The fourth-order valence-corrected chi connectivity index (χ4v) is 2.89. The van der Waals surface area contributed by atoms with Crippen LogP contribution in [0.5, 0.6) is 5.75 Å². The first kappa shape index (κ1) is 20.6. The molecule has 0 saturated heterocycles. The van der Waals surface area contributed by atoms with Crippen LogP contribution >= 0.6 is 11.6 Å². The van der Waals surface area contributed by atoms with Gasteiger partial charge < -0.3 is 9.47 Å². The average Bonchev–Trinajstić information content (AvgIpc) is 2.74. The Morgan fingerprint density at radius 3 is 2.17 bits per heavy atom. The normalized spacial score (nSPS) is 10.4. The molecule has 0 radical (unpaired) electrons. The van der Waals surface area contributed by atoms with Crippen LogP contribution in [0.15, 0.2) is 78.9 Å². The van der Waals surface area contributed by atoms with E-state index in [0.29, 0.717) is 22.9 Å². The number of benzene rings is 3. The fourth-order valence-electron chi connectivity index (χ4n) is 2.76. The predicted octanol–water partition coefficient (Wildman–Crippen LogP) is 5.28. The summed E-state index contributed by atoms with van der Waals surface area (Å²) in [7, 11) is 0. The number of esters is 2. The van der Waals surface area contributed by atoms with E-state index in [4.69, 9.17) is 21.1 Å². The van der Waals surface area contributed by atoms with E-state index in [2.05, 4.69) is 12.1 Å². The molecule has 3 rings (SSSR count). The summed E-state index contributed by atoms with van der Waals surface area (Å²) in [6, 6.07) is 23.4. The first-order chi connectivity index (χ1) is 14.1. The molecule has 3 aromatic rings. The molecule has 0 unspecified atom stereocenters. The van der Waals surface area contributed by atoms with Gasteiger partial charge in [-0.25, -0.2) is 4.79 Å². The van der Waals surface area contributed by atoms with Gasteiger partial charge in [-0.15, -0.1) is 0 Å². The summed E-state index contributed by atoms with van der Waals surface area (Å²) in [5.41, 5.74) is 2.45. The second-order valence-electron chi connectivity index (χ2n) is 6.53. The van der Waals surface area contributed by atoms with E-state index in [1.54, 1.807) is 48.5 Å². The van der Waals surface area contributed by atoms with Gasteiger partial charge in [-0.05, 0) is 60.4 Å². The van der Waals surface area contributed by atoms with Gasteiger partial charge in [0.1, 0.15) is 5.75 Å². The zero-order valence-electron chi connectivity index (χ0n) is 15.8. The van der Waals surface area contributed by atoms with Gasteiger partial charge in [0, 0.05) is 5.02 Å². The standard InChI is InChI=1S/C24H21ClO4/c25-21-12-8-19(9-13-21)17-23(26)29-22-14-10-20(11-15-22)24(27)28-16-4-7-18-5-2-1-3-6-18/h1-3,5-6,8-15H,4,7,16-17H2. The molecule has 0 N–H and O–H groups in total.